The van der Waals surface area contributed by atoms with Gasteiger partial charge in [0.25, 0.3) is 0 Å². The van der Waals surface area contributed by atoms with Crippen molar-refractivity contribution in [2.24, 2.45) is 4.99 Å². The van der Waals surface area contributed by atoms with Crippen LogP contribution in [0.25, 0.3) is 0 Å². The Morgan fingerprint density at radius 3 is 2.86 bits per heavy atom. The largest absolute Gasteiger partial charge is 0.361 e. The predicted molar refractivity (Wildman–Crippen MR) is 28.5 cm³/mol. The number of hydrogen-bond acceptors (Lipinski definition) is 2. The summed E-state index contributed by atoms with van der Waals surface area (Å²) in [6, 6.07) is 0.667. The quantitative estimate of drug-likeness (QED) is 0.417. The van der Waals surface area contributed by atoms with Crippen LogP contribution in [0, 0.1) is 0 Å². The number of fused-ring (bicyclic) bond motifs is 2. The molecule has 0 saturated carbocycles. The summed E-state index contributed by atoms with van der Waals surface area (Å²) in [6.45, 7) is 2.44. The second-order valence-electron chi connectivity index (χ2n) is 2.20. The highest BCUT2D eigenvalue weighted by molar-refractivity contribution is 5.59. The average molecular weight is 96.1 g/mol. The molecule has 1 atom stereocenters. The van der Waals surface area contributed by atoms with Crippen LogP contribution in [0.4, 0.5) is 0 Å². The van der Waals surface area contributed by atoms with Crippen molar-refractivity contribution in [3.8, 4) is 0 Å². The van der Waals surface area contributed by atoms with Crippen molar-refractivity contribution >= 4 is 6.34 Å². The molecular weight excluding hydrogens is 88.1 g/mol. The predicted octanol–water partition coefficient (Wildman–Crippen LogP) is 0.103. The van der Waals surface area contributed by atoms with E-state index in [1.807, 2.05) is 6.34 Å². The Morgan fingerprint density at radius 2 is 2.71 bits per heavy atom. The Bertz CT molecular complexity index is 96.6. The molecule has 38 valence electrons. The third-order valence-electron chi connectivity index (χ3n) is 1.64. The zero-order valence-electron chi connectivity index (χ0n) is 4.17. The zero-order valence-corrected chi connectivity index (χ0v) is 4.17. The van der Waals surface area contributed by atoms with Gasteiger partial charge in [-0.2, -0.15) is 0 Å². The molecule has 0 radical (unpaired) electrons. The molecule has 1 saturated heterocycles. The molecule has 1 unspecified atom stereocenters. The summed E-state index contributed by atoms with van der Waals surface area (Å²) in [5.74, 6) is 0. The zero-order chi connectivity index (χ0) is 4.69. The van der Waals surface area contributed by atoms with Crippen molar-refractivity contribution in [2.75, 3.05) is 13.1 Å². The fourth-order valence-electron chi connectivity index (χ4n) is 1.18. The number of hydrogen-bond donors (Lipinski definition) is 0. The van der Waals surface area contributed by atoms with Crippen LogP contribution in [0.5, 0.6) is 0 Å². The van der Waals surface area contributed by atoms with Crippen LogP contribution >= 0.6 is 0 Å². The standard InChI is InChI=1S/C5H8N2/c1-2-7-3-5(1)6-4-7/h4-5H,1-3H2. The lowest BCUT2D eigenvalue weighted by Crippen LogP contribution is -2.13. The maximum atomic E-state index is 4.20. The summed E-state index contributed by atoms with van der Waals surface area (Å²) in [5, 5.41) is 0. The molecule has 0 aromatic carbocycles. The smallest absolute Gasteiger partial charge is 0.0854 e. The van der Waals surface area contributed by atoms with Crippen molar-refractivity contribution in [3.05, 3.63) is 0 Å². The van der Waals surface area contributed by atoms with Crippen molar-refractivity contribution in [1.82, 2.24) is 4.90 Å². The molecule has 2 aliphatic rings. The average Bonchev–Trinajstić information content (AvgIpc) is 2.22. The van der Waals surface area contributed by atoms with Gasteiger partial charge in [0.05, 0.1) is 12.4 Å². The molecule has 2 heteroatoms. The molecule has 0 spiro atoms. The molecule has 2 rings (SSSR count). The van der Waals surface area contributed by atoms with Crippen LogP contribution in [0.2, 0.25) is 0 Å². The van der Waals surface area contributed by atoms with Gasteiger partial charge in [0.1, 0.15) is 0 Å². The molecule has 7 heavy (non-hydrogen) atoms. The van der Waals surface area contributed by atoms with Gasteiger partial charge in [-0.15, -0.1) is 0 Å². The van der Waals surface area contributed by atoms with Gasteiger partial charge in [-0.25, -0.2) is 0 Å². The third-order valence-corrected chi connectivity index (χ3v) is 1.64. The number of rotatable bonds is 0. The summed E-state index contributed by atoms with van der Waals surface area (Å²) in [6.07, 6.45) is 3.25. The molecule has 0 N–H and O–H groups in total. The van der Waals surface area contributed by atoms with Crippen molar-refractivity contribution < 1.29 is 0 Å². The van der Waals surface area contributed by atoms with Crippen LogP contribution < -0.4 is 0 Å². The van der Waals surface area contributed by atoms with E-state index < -0.39 is 0 Å². The first kappa shape index (κ1) is 3.47. The van der Waals surface area contributed by atoms with Crippen molar-refractivity contribution in [3.63, 3.8) is 0 Å². The van der Waals surface area contributed by atoms with E-state index in [9.17, 15) is 0 Å². The second-order valence-corrected chi connectivity index (χ2v) is 2.20. The SMILES string of the molecule is C1=NC2CCN1C2. The number of nitrogens with zero attached hydrogens (tertiary/aromatic N) is 2. The molecule has 2 nitrogen and oxygen atoms in total. The van der Waals surface area contributed by atoms with E-state index in [2.05, 4.69) is 9.89 Å². The molecular formula is C5H8N2. The molecule has 2 aliphatic heterocycles. The van der Waals surface area contributed by atoms with Gasteiger partial charge in [0, 0.05) is 13.1 Å². The lowest BCUT2D eigenvalue weighted by atomic mass is 10.3. The maximum absolute atomic E-state index is 4.20. The van der Waals surface area contributed by atoms with E-state index in [1.165, 1.54) is 19.5 Å². The molecule has 2 bridgehead atoms. The summed E-state index contributed by atoms with van der Waals surface area (Å²) in [4.78, 5) is 6.47. The normalized spacial score (nSPS) is 35.4. The van der Waals surface area contributed by atoms with Crippen molar-refractivity contribution in [2.45, 2.75) is 12.5 Å². The first-order valence-electron chi connectivity index (χ1n) is 2.72. The lowest BCUT2D eigenvalue weighted by molar-refractivity contribution is 0.549. The summed E-state index contributed by atoms with van der Waals surface area (Å²) in [7, 11) is 0. The minimum Gasteiger partial charge on any atom is -0.361 e. The van der Waals surface area contributed by atoms with Crippen LogP contribution in [-0.2, 0) is 0 Å². The number of aliphatic imine (C=N–C) groups is 1. The van der Waals surface area contributed by atoms with Gasteiger partial charge in [-0.05, 0) is 6.42 Å². The van der Waals surface area contributed by atoms with Gasteiger partial charge in [0.2, 0.25) is 0 Å². The highest BCUT2D eigenvalue weighted by Gasteiger charge is 2.23. The summed E-state index contributed by atoms with van der Waals surface area (Å²) < 4.78 is 0. The van der Waals surface area contributed by atoms with E-state index in [0.29, 0.717) is 6.04 Å². The van der Waals surface area contributed by atoms with E-state index in [-0.39, 0.29) is 0 Å². The summed E-state index contributed by atoms with van der Waals surface area (Å²) >= 11 is 0. The minimum atomic E-state index is 0.667. The first-order chi connectivity index (χ1) is 3.45. The van der Waals surface area contributed by atoms with E-state index in [1.54, 1.807) is 0 Å². The molecule has 0 aromatic rings. The van der Waals surface area contributed by atoms with E-state index >= 15 is 0 Å². The van der Waals surface area contributed by atoms with E-state index in [4.69, 9.17) is 0 Å². The highest BCUT2D eigenvalue weighted by atomic mass is 15.2. The van der Waals surface area contributed by atoms with Gasteiger partial charge in [-0.3, -0.25) is 4.99 Å². The van der Waals surface area contributed by atoms with Crippen LogP contribution in [0.15, 0.2) is 4.99 Å². The van der Waals surface area contributed by atoms with Crippen molar-refractivity contribution in [1.29, 1.82) is 0 Å². The molecule has 0 aromatic heterocycles. The monoisotopic (exact) mass is 96.1 g/mol. The molecule has 0 amide bonds. The van der Waals surface area contributed by atoms with Crippen LogP contribution in [-0.4, -0.2) is 30.4 Å². The molecule has 1 fully saturated rings. The Labute approximate surface area is 42.8 Å². The fraction of sp³-hybridized carbons (Fsp3) is 0.800. The van der Waals surface area contributed by atoms with Gasteiger partial charge < -0.3 is 4.90 Å². The molecule has 2 heterocycles. The third kappa shape index (κ3) is 0.363. The fourth-order valence-corrected chi connectivity index (χ4v) is 1.18. The van der Waals surface area contributed by atoms with Gasteiger partial charge in [-0.1, -0.05) is 0 Å². The van der Waals surface area contributed by atoms with Gasteiger partial charge in [0.15, 0.2) is 0 Å². The Morgan fingerprint density at radius 1 is 1.71 bits per heavy atom. The Kier molecular flexibility index (Phi) is 0.494. The lowest BCUT2D eigenvalue weighted by Gasteiger charge is -2.03. The second kappa shape index (κ2) is 0.997. The summed E-state index contributed by atoms with van der Waals surface area (Å²) in [5.41, 5.74) is 0. The van der Waals surface area contributed by atoms with Crippen LogP contribution in [0.3, 0.4) is 0 Å². The Hall–Kier alpha value is -0.530. The minimum absolute atomic E-state index is 0.667. The van der Waals surface area contributed by atoms with Gasteiger partial charge >= 0.3 is 0 Å². The van der Waals surface area contributed by atoms with Crippen LogP contribution in [0.1, 0.15) is 6.42 Å². The topological polar surface area (TPSA) is 15.6 Å². The van der Waals surface area contributed by atoms with E-state index in [0.717, 1.165) is 0 Å². The Balaban J connectivity index is 2.27. The molecule has 0 aliphatic carbocycles. The highest BCUT2D eigenvalue weighted by Crippen LogP contribution is 2.15. The first-order valence-corrected chi connectivity index (χ1v) is 2.72. The maximum Gasteiger partial charge on any atom is 0.0854 e.